The van der Waals surface area contributed by atoms with Crippen LogP contribution in [0.15, 0.2) is 11.2 Å². The highest BCUT2D eigenvalue weighted by Crippen LogP contribution is 2.28. The largest absolute Gasteiger partial charge is 0.484 e. The molecule has 0 aromatic heterocycles. The minimum atomic E-state index is 0.424. The second-order valence-corrected chi connectivity index (χ2v) is 3.58. The van der Waals surface area contributed by atoms with E-state index in [2.05, 4.69) is 19.9 Å². The van der Waals surface area contributed by atoms with Gasteiger partial charge in [0.25, 0.3) is 0 Å². The van der Waals surface area contributed by atoms with Crippen LogP contribution in [0.3, 0.4) is 0 Å². The van der Waals surface area contributed by atoms with Gasteiger partial charge in [-0.3, -0.25) is 0 Å². The fourth-order valence-electron chi connectivity index (χ4n) is 0.835. The number of hydrogen-bond acceptors (Lipinski definition) is 2. The maximum absolute atomic E-state index is 5.49. The van der Waals surface area contributed by atoms with Crippen molar-refractivity contribution in [3.05, 3.63) is 11.2 Å². The SMILES string of the molecule is CCC/C=C1/OC(C)CS1. The van der Waals surface area contributed by atoms with Crippen molar-refractivity contribution in [3.8, 4) is 0 Å². The first-order valence-electron chi connectivity index (χ1n) is 3.82. The molecule has 10 heavy (non-hydrogen) atoms. The van der Waals surface area contributed by atoms with Crippen molar-refractivity contribution in [1.29, 1.82) is 0 Å². The Morgan fingerprint density at radius 3 is 3.10 bits per heavy atom. The zero-order valence-corrected chi connectivity index (χ0v) is 7.41. The van der Waals surface area contributed by atoms with Crippen LogP contribution in [0.4, 0.5) is 0 Å². The molecule has 0 N–H and O–H groups in total. The molecule has 1 heterocycles. The zero-order chi connectivity index (χ0) is 7.40. The van der Waals surface area contributed by atoms with Crippen molar-refractivity contribution >= 4 is 11.8 Å². The maximum Gasteiger partial charge on any atom is 0.149 e. The topological polar surface area (TPSA) is 9.23 Å². The monoisotopic (exact) mass is 158 g/mol. The minimum Gasteiger partial charge on any atom is -0.484 e. The summed E-state index contributed by atoms with van der Waals surface area (Å²) in [4.78, 5) is 0. The molecule has 1 saturated heterocycles. The van der Waals surface area contributed by atoms with Crippen LogP contribution in [-0.2, 0) is 4.74 Å². The van der Waals surface area contributed by atoms with Gasteiger partial charge in [0.15, 0.2) is 0 Å². The molecule has 1 aliphatic heterocycles. The molecule has 58 valence electrons. The van der Waals surface area contributed by atoms with Crippen LogP contribution in [0.2, 0.25) is 0 Å². The van der Waals surface area contributed by atoms with Crippen molar-refractivity contribution in [1.82, 2.24) is 0 Å². The van der Waals surface area contributed by atoms with Gasteiger partial charge in [0.1, 0.15) is 11.2 Å². The second kappa shape index (κ2) is 3.91. The van der Waals surface area contributed by atoms with Crippen molar-refractivity contribution in [3.63, 3.8) is 0 Å². The van der Waals surface area contributed by atoms with E-state index in [4.69, 9.17) is 4.74 Å². The molecule has 1 aliphatic rings. The van der Waals surface area contributed by atoms with E-state index in [1.165, 1.54) is 6.42 Å². The summed E-state index contributed by atoms with van der Waals surface area (Å²) in [7, 11) is 0. The molecule has 1 rings (SSSR count). The Kier molecular flexibility index (Phi) is 3.13. The average Bonchev–Trinajstić information content (AvgIpc) is 2.31. The third-order valence-corrected chi connectivity index (χ3v) is 2.56. The number of rotatable bonds is 2. The van der Waals surface area contributed by atoms with E-state index in [-0.39, 0.29) is 0 Å². The molecule has 0 amide bonds. The lowest BCUT2D eigenvalue weighted by Gasteiger charge is -2.00. The first-order chi connectivity index (χ1) is 4.83. The van der Waals surface area contributed by atoms with Crippen LogP contribution in [0.1, 0.15) is 26.7 Å². The molecule has 0 radical (unpaired) electrons. The summed E-state index contributed by atoms with van der Waals surface area (Å²) in [5.74, 6) is 1.12. The third kappa shape index (κ3) is 2.25. The molecule has 0 aliphatic carbocycles. The van der Waals surface area contributed by atoms with Crippen LogP contribution < -0.4 is 0 Å². The van der Waals surface area contributed by atoms with Crippen molar-refractivity contribution in [2.75, 3.05) is 5.75 Å². The summed E-state index contributed by atoms with van der Waals surface area (Å²) < 4.78 is 5.49. The summed E-state index contributed by atoms with van der Waals surface area (Å²) in [5, 5.41) is 1.13. The normalized spacial score (nSPS) is 29.0. The van der Waals surface area contributed by atoms with Gasteiger partial charge in [0.2, 0.25) is 0 Å². The Balaban J connectivity index is 2.29. The molecule has 0 spiro atoms. The van der Waals surface area contributed by atoms with Crippen molar-refractivity contribution < 1.29 is 4.74 Å². The van der Waals surface area contributed by atoms with Crippen LogP contribution in [0.5, 0.6) is 0 Å². The first-order valence-corrected chi connectivity index (χ1v) is 4.81. The molecule has 0 saturated carbocycles. The molecule has 1 fully saturated rings. The number of unbranched alkanes of at least 4 members (excludes halogenated alkanes) is 1. The molecule has 1 unspecified atom stereocenters. The van der Waals surface area contributed by atoms with Gasteiger partial charge in [0, 0.05) is 5.75 Å². The molecule has 0 bridgehead atoms. The van der Waals surface area contributed by atoms with Crippen LogP contribution in [0, 0.1) is 0 Å². The van der Waals surface area contributed by atoms with Gasteiger partial charge in [-0.15, -0.1) is 0 Å². The molecule has 0 aromatic carbocycles. The summed E-state index contributed by atoms with van der Waals surface area (Å²) >= 11 is 1.83. The Labute approximate surface area is 66.8 Å². The van der Waals surface area contributed by atoms with Gasteiger partial charge in [0.05, 0.1) is 0 Å². The lowest BCUT2D eigenvalue weighted by atomic mass is 10.3. The predicted octanol–water partition coefficient (Wildman–Crippen LogP) is 2.78. The Bertz CT molecular complexity index is 131. The predicted molar refractivity (Wildman–Crippen MR) is 46.0 cm³/mol. The molecule has 1 atom stereocenters. The summed E-state index contributed by atoms with van der Waals surface area (Å²) in [6, 6.07) is 0. The molecule has 0 aromatic rings. The van der Waals surface area contributed by atoms with Crippen LogP contribution in [-0.4, -0.2) is 11.9 Å². The number of thioether (sulfide) groups is 1. The van der Waals surface area contributed by atoms with E-state index in [9.17, 15) is 0 Å². The highest BCUT2D eigenvalue weighted by molar-refractivity contribution is 8.03. The Hall–Kier alpha value is -0.110. The molecule has 2 heteroatoms. The quantitative estimate of drug-likeness (QED) is 0.611. The van der Waals surface area contributed by atoms with Gasteiger partial charge < -0.3 is 4.74 Å². The third-order valence-electron chi connectivity index (χ3n) is 1.38. The number of ether oxygens (including phenoxy) is 1. The standard InChI is InChI=1S/C8H14OS/c1-3-4-5-8-9-7(2)6-10-8/h5,7H,3-4,6H2,1-2H3/b8-5-. The number of allylic oxidation sites excluding steroid dienone is 1. The summed E-state index contributed by atoms with van der Waals surface area (Å²) in [5.41, 5.74) is 0. The highest BCUT2D eigenvalue weighted by Gasteiger charge is 2.15. The van der Waals surface area contributed by atoms with Crippen molar-refractivity contribution in [2.45, 2.75) is 32.8 Å². The van der Waals surface area contributed by atoms with Gasteiger partial charge in [-0.05, 0) is 19.4 Å². The lowest BCUT2D eigenvalue weighted by molar-refractivity contribution is 0.187. The van der Waals surface area contributed by atoms with E-state index >= 15 is 0 Å². The Morgan fingerprint density at radius 2 is 2.60 bits per heavy atom. The fraction of sp³-hybridized carbons (Fsp3) is 0.750. The van der Waals surface area contributed by atoms with E-state index in [0.29, 0.717) is 6.10 Å². The molecular formula is C8H14OS. The lowest BCUT2D eigenvalue weighted by Crippen LogP contribution is -1.99. The fourth-order valence-corrected chi connectivity index (χ4v) is 1.77. The molecule has 1 nitrogen and oxygen atoms in total. The van der Waals surface area contributed by atoms with Crippen molar-refractivity contribution in [2.24, 2.45) is 0 Å². The smallest absolute Gasteiger partial charge is 0.149 e. The second-order valence-electron chi connectivity index (χ2n) is 2.55. The average molecular weight is 158 g/mol. The highest BCUT2D eigenvalue weighted by atomic mass is 32.2. The van der Waals surface area contributed by atoms with Gasteiger partial charge in [-0.25, -0.2) is 0 Å². The first kappa shape index (κ1) is 7.99. The van der Waals surface area contributed by atoms with E-state index < -0.39 is 0 Å². The number of hydrogen-bond donors (Lipinski definition) is 0. The summed E-state index contributed by atoms with van der Waals surface area (Å²) in [6.07, 6.45) is 4.97. The van der Waals surface area contributed by atoms with E-state index in [0.717, 1.165) is 17.3 Å². The summed E-state index contributed by atoms with van der Waals surface area (Å²) in [6.45, 7) is 4.29. The van der Waals surface area contributed by atoms with Gasteiger partial charge in [-0.2, -0.15) is 0 Å². The Morgan fingerprint density at radius 1 is 1.80 bits per heavy atom. The minimum absolute atomic E-state index is 0.424. The zero-order valence-electron chi connectivity index (χ0n) is 6.59. The van der Waals surface area contributed by atoms with Crippen LogP contribution in [0.25, 0.3) is 0 Å². The van der Waals surface area contributed by atoms with E-state index in [1.807, 2.05) is 11.8 Å². The maximum atomic E-state index is 5.49. The van der Waals surface area contributed by atoms with Gasteiger partial charge >= 0.3 is 0 Å². The van der Waals surface area contributed by atoms with E-state index in [1.54, 1.807) is 0 Å². The van der Waals surface area contributed by atoms with Crippen LogP contribution >= 0.6 is 11.8 Å². The van der Waals surface area contributed by atoms with Gasteiger partial charge in [-0.1, -0.05) is 25.1 Å². The molecular weight excluding hydrogens is 144 g/mol.